The van der Waals surface area contributed by atoms with Crippen LogP contribution in [-0.2, 0) is 0 Å². The molecule has 0 rings (SSSR count). The van der Waals surface area contributed by atoms with Crippen molar-refractivity contribution in [2.24, 2.45) is 11.7 Å². The number of thiocarbonyl (C=S) groups is 1. The van der Waals surface area contributed by atoms with Gasteiger partial charge >= 0.3 is 29.6 Å². The van der Waals surface area contributed by atoms with Crippen LogP contribution in [0.4, 0.5) is 0 Å². The van der Waals surface area contributed by atoms with Gasteiger partial charge < -0.3 is 12.7 Å². The molecule has 0 fully saturated rings. The Morgan fingerprint density at radius 3 is 2.15 bits per heavy atom. The third-order valence-electron chi connectivity index (χ3n) is 1.54. The topological polar surface area (TPSA) is 26.0 Å². The normalized spacial score (nSPS) is 10.5. The third kappa shape index (κ3) is 31.9. The molecular formula is C9H20NNaS2. The molecule has 0 radical (unpaired) electrons. The van der Waals surface area contributed by atoms with E-state index in [4.69, 9.17) is 5.73 Å². The molecule has 1 nitrogen and oxygen atoms in total. The number of hydrogen-bond donors (Lipinski definition) is 2. The van der Waals surface area contributed by atoms with Crippen molar-refractivity contribution in [1.82, 2.24) is 0 Å². The quantitative estimate of drug-likeness (QED) is 0.312. The Morgan fingerprint density at radius 2 is 1.92 bits per heavy atom. The maximum Gasteiger partial charge on any atom is 1.00 e. The molecule has 0 bridgehead atoms. The zero-order chi connectivity index (χ0) is 9.98. The van der Waals surface area contributed by atoms with Crippen molar-refractivity contribution in [1.29, 1.82) is 0 Å². The van der Waals surface area contributed by atoms with E-state index < -0.39 is 0 Å². The molecule has 0 spiro atoms. The zero-order valence-electron chi connectivity index (χ0n) is 9.05. The smallest absolute Gasteiger partial charge is 0.385 e. The van der Waals surface area contributed by atoms with Crippen molar-refractivity contribution in [3.8, 4) is 0 Å². The molecule has 74 valence electrons. The fourth-order valence-electron chi connectivity index (χ4n) is 0.697. The van der Waals surface area contributed by atoms with Crippen molar-refractivity contribution >= 4 is 29.2 Å². The summed E-state index contributed by atoms with van der Waals surface area (Å²) in [5.74, 6) is 0.704. The van der Waals surface area contributed by atoms with Crippen LogP contribution in [-0.4, -0.2) is 4.32 Å². The summed E-state index contributed by atoms with van der Waals surface area (Å²) in [6.45, 7) is 8.42. The van der Waals surface area contributed by atoms with Crippen LogP contribution >= 0.6 is 24.8 Å². The first-order valence-corrected chi connectivity index (χ1v) is 5.21. The van der Waals surface area contributed by atoms with Gasteiger partial charge in [-0.2, -0.15) is 5.92 Å². The summed E-state index contributed by atoms with van der Waals surface area (Å²) >= 11 is 7.65. The van der Waals surface area contributed by atoms with E-state index in [9.17, 15) is 0 Å². The molecule has 0 heterocycles. The molecule has 0 saturated heterocycles. The average Bonchev–Trinajstić information content (AvgIpc) is 1.99. The standard InChI is InChI=1S/C8H17.CH3NS2.Na/c1-4-6-7-8(3)5-2;2-1(3)4;/h8H,3-7H2,1-2H3;(H3,2,3,4);/q-1;;+1. The Labute approximate surface area is 116 Å². The molecule has 4 heteroatoms. The molecule has 0 saturated carbocycles. The minimum atomic E-state index is 0. The molecule has 13 heavy (non-hydrogen) atoms. The predicted molar refractivity (Wildman–Crippen MR) is 64.4 cm³/mol. The van der Waals surface area contributed by atoms with E-state index >= 15 is 0 Å². The van der Waals surface area contributed by atoms with E-state index in [1.807, 2.05) is 0 Å². The summed E-state index contributed by atoms with van der Waals surface area (Å²) in [6.07, 6.45) is 5.21. The Kier molecular flexibility index (Phi) is 23.9. The van der Waals surface area contributed by atoms with Crippen LogP contribution in [0.5, 0.6) is 0 Å². The Hall–Kier alpha value is 1.24. The number of nitrogens with two attached hydrogens (primary N) is 1. The van der Waals surface area contributed by atoms with Gasteiger partial charge in [-0.05, 0) is 0 Å². The minimum Gasteiger partial charge on any atom is -0.385 e. The van der Waals surface area contributed by atoms with Gasteiger partial charge in [-0.15, -0.1) is 12.6 Å². The molecule has 0 aliphatic carbocycles. The van der Waals surface area contributed by atoms with Gasteiger partial charge in [-0.25, -0.2) is 0 Å². The van der Waals surface area contributed by atoms with E-state index in [0.717, 1.165) is 0 Å². The van der Waals surface area contributed by atoms with E-state index in [1.165, 1.54) is 25.7 Å². The molecule has 2 N–H and O–H groups in total. The summed E-state index contributed by atoms with van der Waals surface area (Å²) in [6, 6.07) is 0. The van der Waals surface area contributed by atoms with E-state index in [-0.39, 0.29) is 33.9 Å². The van der Waals surface area contributed by atoms with Crippen molar-refractivity contribution in [3.63, 3.8) is 0 Å². The zero-order valence-corrected chi connectivity index (χ0v) is 12.8. The van der Waals surface area contributed by atoms with Gasteiger partial charge in [0, 0.05) is 0 Å². The Balaban J connectivity index is -0.000000173. The molecule has 1 atom stereocenters. The number of thiol groups is 1. The fourth-order valence-corrected chi connectivity index (χ4v) is 0.697. The van der Waals surface area contributed by atoms with Crippen LogP contribution in [0.1, 0.15) is 39.5 Å². The maximum atomic E-state index is 4.71. The summed E-state index contributed by atoms with van der Waals surface area (Å²) in [4.78, 5) is 0. The molecule has 0 aromatic rings. The van der Waals surface area contributed by atoms with Gasteiger partial charge in [0.05, 0.1) is 0 Å². The van der Waals surface area contributed by atoms with E-state index in [2.05, 4.69) is 45.6 Å². The summed E-state index contributed by atoms with van der Waals surface area (Å²) in [7, 11) is 0. The molecule has 0 aliphatic rings. The van der Waals surface area contributed by atoms with Gasteiger partial charge in [0.2, 0.25) is 0 Å². The number of rotatable bonds is 4. The van der Waals surface area contributed by atoms with Crippen LogP contribution in [0.25, 0.3) is 0 Å². The molecular weight excluding hydrogens is 209 g/mol. The first-order valence-electron chi connectivity index (χ1n) is 4.36. The molecule has 0 amide bonds. The molecule has 1 unspecified atom stereocenters. The van der Waals surface area contributed by atoms with Crippen molar-refractivity contribution in [2.75, 3.05) is 0 Å². The molecule has 0 aromatic heterocycles. The Bertz CT molecular complexity index is 106. The van der Waals surface area contributed by atoms with Crippen LogP contribution in [0.15, 0.2) is 0 Å². The number of hydrogen-bond acceptors (Lipinski definition) is 1. The van der Waals surface area contributed by atoms with E-state index in [0.29, 0.717) is 5.92 Å². The second-order valence-corrected chi connectivity index (χ2v) is 3.98. The molecule has 0 aliphatic heterocycles. The molecule has 0 aromatic carbocycles. The van der Waals surface area contributed by atoms with Gasteiger partial charge in [0.1, 0.15) is 4.32 Å². The van der Waals surface area contributed by atoms with Gasteiger partial charge in [-0.3, -0.25) is 0 Å². The average molecular weight is 229 g/mol. The van der Waals surface area contributed by atoms with Crippen LogP contribution < -0.4 is 35.3 Å². The van der Waals surface area contributed by atoms with Crippen molar-refractivity contribution < 1.29 is 29.6 Å². The third-order valence-corrected chi connectivity index (χ3v) is 1.54. The second kappa shape index (κ2) is 15.7. The first-order chi connectivity index (χ1) is 5.54. The van der Waals surface area contributed by atoms with Gasteiger partial charge in [0.15, 0.2) is 0 Å². The van der Waals surface area contributed by atoms with Crippen molar-refractivity contribution in [2.45, 2.75) is 39.5 Å². The Morgan fingerprint density at radius 1 is 1.54 bits per heavy atom. The minimum absolute atomic E-state index is 0. The second-order valence-electron chi connectivity index (χ2n) is 2.75. The first kappa shape index (κ1) is 19.8. The fraction of sp³-hybridized carbons (Fsp3) is 0.778. The van der Waals surface area contributed by atoms with Crippen LogP contribution in [0.3, 0.4) is 0 Å². The SMILES string of the molecule is NC(=S)S.[CH2-]C(CC)CCCC.[Na+]. The van der Waals surface area contributed by atoms with Crippen molar-refractivity contribution in [3.05, 3.63) is 6.92 Å². The maximum absolute atomic E-state index is 4.71. The largest absolute Gasteiger partial charge is 1.00 e. The summed E-state index contributed by atoms with van der Waals surface area (Å²) < 4.78 is 0.194. The van der Waals surface area contributed by atoms with Gasteiger partial charge in [0.25, 0.3) is 0 Å². The van der Waals surface area contributed by atoms with Crippen LogP contribution in [0.2, 0.25) is 0 Å². The number of unbranched alkanes of at least 4 members (excludes halogenated alkanes) is 1. The summed E-state index contributed by atoms with van der Waals surface area (Å²) in [5.41, 5.74) is 4.71. The predicted octanol–water partition coefficient (Wildman–Crippen LogP) is 0.201. The summed E-state index contributed by atoms with van der Waals surface area (Å²) in [5, 5.41) is 0. The van der Waals surface area contributed by atoms with Gasteiger partial charge in [-0.1, -0.05) is 51.7 Å². The van der Waals surface area contributed by atoms with E-state index in [1.54, 1.807) is 0 Å². The monoisotopic (exact) mass is 229 g/mol. The van der Waals surface area contributed by atoms with Crippen LogP contribution in [0, 0.1) is 12.8 Å².